The normalized spacial score (nSPS) is 12.7. The number of halogens is 1. The number of aromatic hydroxyl groups is 2. The Morgan fingerprint density at radius 3 is 1.97 bits per heavy atom. The van der Waals surface area contributed by atoms with Gasteiger partial charge in [0.25, 0.3) is 20.2 Å². The third-order valence-corrected chi connectivity index (χ3v) is 5.81. The summed E-state index contributed by atoms with van der Waals surface area (Å²) in [5.74, 6) is -1.39. The molecule has 0 unspecified atom stereocenters. The van der Waals surface area contributed by atoms with Gasteiger partial charge in [-0.3, -0.25) is 9.11 Å². The first kappa shape index (κ1) is 21.0. The molecule has 0 saturated carbocycles. The van der Waals surface area contributed by atoms with Crippen LogP contribution in [0.25, 0.3) is 10.8 Å². The second-order valence-corrected chi connectivity index (χ2v) is 8.92. The minimum atomic E-state index is -4.78. The van der Waals surface area contributed by atoms with E-state index in [-0.39, 0.29) is 21.5 Å². The molecule has 0 saturated heterocycles. The molecule has 0 heterocycles. The summed E-state index contributed by atoms with van der Waals surface area (Å²) in [6.07, 6.45) is 0. The smallest absolute Gasteiger partial charge is 0.298 e. The lowest BCUT2D eigenvalue weighted by Crippen LogP contribution is -1.98. The molecular weight excluding hydrogens is 448 g/mol. The van der Waals surface area contributed by atoms with Gasteiger partial charge < -0.3 is 10.2 Å². The molecule has 3 aromatic rings. The summed E-state index contributed by atoms with van der Waals surface area (Å²) >= 11 is 5.76. The molecule has 0 aliphatic heterocycles. The van der Waals surface area contributed by atoms with Gasteiger partial charge in [-0.2, -0.15) is 16.8 Å². The molecule has 0 fully saturated rings. The van der Waals surface area contributed by atoms with Crippen molar-refractivity contribution in [1.82, 2.24) is 0 Å². The molecule has 0 atom stereocenters. The van der Waals surface area contributed by atoms with Crippen LogP contribution in [0.1, 0.15) is 0 Å². The van der Waals surface area contributed by atoms with E-state index in [1.54, 1.807) is 0 Å². The Kier molecular flexibility index (Phi) is 5.23. The monoisotopic (exact) mass is 458 g/mol. The Labute approximate surface area is 169 Å². The molecule has 0 aromatic heterocycles. The number of rotatable bonds is 4. The van der Waals surface area contributed by atoms with Crippen molar-refractivity contribution in [3.63, 3.8) is 0 Å². The minimum Gasteiger partial charge on any atom is -0.505 e. The lowest BCUT2D eigenvalue weighted by molar-refractivity contribution is 0.444. The van der Waals surface area contributed by atoms with Crippen LogP contribution in [0.2, 0.25) is 5.02 Å². The third-order valence-electron chi connectivity index (χ3n) is 3.81. The van der Waals surface area contributed by atoms with E-state index in [4.69, 9.17) is 16.2 Å². The molecule has 0 radical (unpaired) electrons. The highest BCUT2D eigenvalue weighted by molar-refractivity contribution is 7.86. The summed E-state index contributed by atoms with van der Waals surface area (Å²) in [6.45, 7) is 0. The maximum Gasteiger partial charge on any atom is 0.298 e. The van der Waals surface area contributed by atoms with Gasteiger partial charge in [-0.25, -0.2) is 0 Å². The molecule has 0 spiro atoms. The highest BCUT2D eigenvalue weighted by Crippen LogP contribution is 2.40. The van der Waals surface area contributed by atoms with Gasteiger partial charge in [0.05, 0.1) is 0 Å². The predicted molar refractivity (Wildman–Crippen MR) is 103 cm³/mol. The standard InChI is InChI=1S/C16H11ClN2O8S2/c17-8-6-12(16(21)14(7-8)29(25,26)27)19-18-11-5-4-9-10(15(11)20)2-1-3-13(9)28(22,23)24/h1-7,20-21H,(H,22,23,24)(H,25,26,27). The highest BCUT2D eigenvalue weighted by atomic mass is 35.5. The summed E-state index contributed by atoms with van der Waals surface area (Å²) < 4.78 is 63.9. The first-order valence-electron chi connectivity index (χ1n) is 7.53. The van der Waals surface area contributed by atoms with Crippen LogP contribution in [0.15, 0.2) is 62.5 Å². The fraction of sp³-hybridized carbons (Fsp3) is 0. The van der Waals surface area contributed by atoms with Gasteiger partial charge in [0.1, 0.15) is 21.2 Å². The third kappa shape index (κ3) is 4.16. The van der Waals surface area contributed by atoms with Gasteiger partial charge >= 0.3 is 0 Å². The number of fused-ring (bicyclic) bond motifs is 1. The fourth-order valence-corrected chi connectivity index (χ4v) is 4.16. The van der Waals surface area contributed by atoms with Crippen molar-refractivity contribution in [1.29, 1.82) is 0 Å². The zero-order valence-electron chi connectivity index (χ0n) is 14.1. The van der Waals surface area contributed by atoms with Crippen LogP contribution in [0.5, 0.6) is 11.5 Å². The minimum absolute atomic E-state index is 0.0331. The van der Waals surface area contributed by atoms with E-state index in [1.165, 1.54) is 24.3 Å². The predicted octanol–water partition coefficient (Wildman–Crippen LogP) is 3.81. The molecule has 3 rings (SSSR count). The SMILES string of the molecule is O=S(=O)(O)c1cc(Cl)cc(N=Nc2ccc3c(S(=O)(=O)O)cccc3c2O)c1O. The Morgan fingerprint density at radius 1 is 0.724 bits per heavy atom. The molecule has 152 valence electrons. The van der Waals surface area contributed by atoms with Gasteiger partial charge in [0, 0.05) is 15.8 Å². The molecule has 0 amide bonds. The quantitative estimate of drug-likeness (QED) is 0.337. The first-order valence-corrected chi connectivity index (χ1v) is 10.8. The summed E-state index contributed by atoms with van der Waals surface area (Å²) in [6, 6.07) is 8.19. The van der Waals surface area contributed by atoms with Gasteiger partial charge in [0.2, 0.25) is 0 Å². The number of phenolic OH excluding ortho intramolecular Hbond substituents is 2. The van der Waals surface area contributed by atoms with E-state index < -0.39 is 47.2 Å². The Morgan fingerprint density at radius 2 is 1.34 bits per heavy atom. The largest absolute Gasteiger partial charge is 0.505 e. The van der Waals surface area contributed by atoms with Crippen molar-refractivity contribution in [2.45, 2.75) is 9.79 Å². The topological polar surface area (TPSA) is 174 Å². The number of azo groups is 1. The van der Waals surface area contributed by atoms with Gasteiger partial charge in [0.15, 0.2) is 11.5 Å². The Bertz CT molecular complexity index is 1390. The van der Waals surface area contributed by atoms with Crippen molar-refractivity contribution in [3.05, 3.63) is 47.5 Å². The van der Waals surface area contributed by atoms with Crippen LogP contribution in [0.4, 0.5) is 11.4 Å². The maximum absolute atomic E-state index is 11.5. The molecule has 0 aliphatic carbocycles. The summed E-state index contributed by atoms with van der Waals surface area (Å²) in [4.78, 5) is -1.29. The number of hydrogen-bond acceptors (Lipinski definition) is 8. The highest BCUT2D eigenvalue weighted by Gasteiger charge is 2.20. The van der Waals surface area contributed by atoms with E-state index in [0.29, 0.717) is 0 Å². The maximum atomic E-state index is 11.5. The van der Waals surface area contributed by atoms with Crippen molar-refractivity contribution < 1.29 is 36.2 Å². The van der Waals surface area contributed by atoms with Crippen LogP contribution in [0.3, 0.4) is 0 Å². The Balaban J connectivity index is 2.14. The van der Waals surface area contributed by atoms with Crippen LogP contribution < -0.4 is 0 Å². The van der Waals surface area contributed by atoms with Crippen molar-refractivity contribution in [2.24, 2.45) is 10.2 Å². The van der Waals surface area contributed by atoms with E-state index in [9.17, 15) is 31.6 Å². The zero-order chi connectivity index (χ0) is 21.6. The van der Waals surface area contributed by atoms with Crippen LogP contribution in [-0.4, -0.2) is 36.2 Å². The van der Waals surface area contributed by atoms with E-state index >= 15 is 0 Å². The molecule has 13 heteroatoms. The van der Waals surface area contributed by atoms with E-state index in [0.717, 1.165) is 18.2 Å². The van der Waals surface area contributed by atoms with Crippen molar-refractivity contribution >= 4 is 54.0 Å². The molecule has 3 aromatic carbocycles. The number of benzene rings is 3. The van der Waals surface area contributed by atoms with E-state index in [2.05, 4.69) is 10.2 Å². The number of phenols is 2. The van der Waals surface area contributed by atoms with Crippen LogP contribution in [0, 0.1) is 0 Å². The average Bonchev–Trinajstić information content (AvgIpc) is 2.61. The lowest BCUT2D eigenvalue weighted by atomic mass is 10.1. The summed E-state index contributed by atoms with van der Waals surface area (Å²) in [5, 5.41) is 27.6. The second kappa shape index (κ2) is 7.24. The van der Waals surface area contributed by atoms with E-state index in [1.807, 2.05) is 0 Å². The lowest BCUT2D eigenvalue weighted by Gasteiger charge is -2.07. The zero-order valence-corrected chi connectivity index (χ0v) is 16.4. The summed E-state index contributed by atoms with van der Waals surface area (Å²) in [5.41, 5.74) is -0.561. The summed E-state index contributed by atoms with van der Waals surface area (Å²) in [7, 11) is -9.32. The van der Waals surface area contributed by atoms with Gasteiger partial charge in [-0.15, -0.1) is 10.2 Å². The van der Waals surface area contributed by atoms with Crippen molar-refractivity contribution in [3.8, 4) is 11.5 Å². The van der Waals surface area contributed by atoms with Gasteiger partial charge in [-0.1, -0.05) is 29.8 Å². The van der Waals surface area contributed by atoms with Crippen molar-refractivity contribution in [2.75, 3.05) is 0 Å². The number of hydrogen-bond donors (Lipinski definition) is 4. The van der Waals surface area contributed by atoms with Crippen LogP contribution >= 0.6 is 11.6 Å². The van der Waals surface area contributed by atoms with Gasteiger partial charge in [-0.05, 0) is 24.3 Å². The first-order chi connectivity index (χ1) is 13.4. The molecular formula is C16H11ClN2O8S2. The molecule has 4 N–H and O–H groups in total. The average molecular weight is 459 g/mol. The molecule has 29 heavy (non-hydrogen) atoms. The second-order valence-electron chi connectivity index (χ2n) is 5.71. The molecule has 0 bridgehead atoms. The number of nitrogens with zero attached hydrogens (tertiary/aromatic N) is 2. The molecule has 10 nitrogen and oxygen atoms in total. The molecule has 0 aliphatic rings. The van der Waals surface area contributed by atoms with Crippen LogP contribution in [-0.2, 0) is 20.2 Å². The fourth-order valence-electron chi connectivity index (χ4n) is 2.55. The Hall–Kier alpha value is -2.77.